The van der Waals surface area contributed by atoms with Crippen LogP contribution in [0.4, 0.5) is 0 Å². The molecule has 0 spiro atoms. The van der Waals surface area contributed by atoms with E-state index in [1.165, 1.54) is 0 Å². The van der Waals surface area contributed by atoms with E-state index in [9.17, 15) is 9.90 Å². The summed E-state index contributed by atoms with van der Waals surface area (Å²) in [5.41, 5.74) is 0.390. The third-order valence-corrected chi connectivity index (χ3v) is 3.64. The average molecular weight is 268 g/mol. The van der Waals surface area contributed by atoms with E-state index in [-0.39, 0.29) is 5.75 Å². The molecule has 3 nitrogen and oxygen atoms in total. The first-order valence-electron chi connectivity index (χ1n) is 6.88. The molecule has 0 atom stereocenters. The van der Waals surface area contributed by atoms with Crippen LogP contribution in [0.5, 0.6) is 5.75 Å². The van der Waals surface area contributed by atoms with Gasteiger partial charge in [0.05, 0.1) is 10.9 Å². The van der Waals surface area contributed by atoms with E-state index in [2.05, 4.69) is 6.92 Å². The van der Waals surface area contributed by atoms with Crippen LogP contribution in [0.15, 0.2) is 45.6 Å². The van der Waals surface area contributed by atoms with Crippen molar-refractivity contribution in [2.24, 2.45) is 0 Å². The summed E-state index contributed by atoms with van der Waals surface area (Å²) < 4.78 is 5.36. The van der Waals surface area contributed by atoms with Crippen LogP contribution in [0.1, 0.15) is 25.3 Å². The zero-order chi connectivity index (χ0) is 14.1. The Hall–Kier alpha value is -2.29. The minimum atomic E-state index is -0.432. The average Bonchev–Trinajstić information content (AvgIpc) is 2.46. The number of benzene rings is 2. The van der Waals surface area contributed by atoms with Crippen LogP contribution in [0.3, 0.4) is 0 Å². The molecule has 0 aliphatic rings. The monoisotopic (exact) mass is 268 g/mol. The second kappa shape index (κ2) is 5.00. The number of hydrogen-bond acceptors (Lipinski definition) is 3. The zero-order valence-corrected chi connectivity index (χ0v) is 11.3. The van der Waals surface area contributed by atoms with Crippen LogP contribution in [0.25, 0.3) is 21.7 Å². The molecule has 1 heterocycles. The Morgan fingerprint density at radius 1 is 1.15 bits per heavy atom. The maximum atomic E-state index is 12.0. The lowest BCUT2D eigenvalue weighted by Gasteiger charge is -2.08. The van der Waals surface area contributed by atoms with Crippen LogP contribution >= 0.6 is 0 Å². The lowest BCUT2D eigenvalue weighted by molar-refractivity contribution is 0.455. The lowest BCUT2D eigenvalue weighted by atomic mass is 10.0. The molecule has 0 aliphatic heterocycles. The predicted octanol–water partition coefficient (Wildman–Crippen LogP) is 3.99. The molecule has 0 radical (unpaired) electrons. The van der Waals surface area contributed by atoms with Crippen molar-refractivity contribution < 1.29 is 9.52 Å². The molecule has 0 bridgehead atoms. The van der Waals surface area contributed by atoms with Crippen molar-refractivity contribution in [3.8, 4) is 5.75 Å². The molecule has 1 aromatic heterocycles. The fraction of sp³-hybridized carbons (Fsp3) is 0.235. The molecular weight excluding hydrogens is 252 g/mol. The van der Waals surface area contributed by atoms with Crippen molar-refractivity contribution in [3.05, 3.63) is 52.4 Å². The molecule has 20 heavy (non-hydrogen) atoms. The first kappa shape index (κ1) is 12.7. The standard InChI is InChI=1S/C17H16O3/c1-2-3-7-13-16(18)15-12-8-5-4-6-11(12)9-10-14(15)20-17(13)19/h4-6,8-10,18H,2-3,7H2,1H3. The highest BCUT2D eigenvalue weighted by atomic mass is 16.4. The Morgan fingerprint density at radius 2 is 1.95 bits per heavy atom. The molecule has 0 saturated heterocycles. The predicted molar refractivity (Wildman–Crippen MR) is 80.3 cm³/mol. The van der Waals surface area contributed by atoms with Gasteiger partial charge in [0, 0.05) is 0 Å². The highest BCUT2D eigenvalue weighted by Gasteiger charge is 2.15. The van der Waals surface area contributed by atoms with Crippen molar-refractivity contribution in [3.63, 3.8) is 0 Å². The first-order chi connectivity index (χ1) is 9.72. The molecule has 2 aromatic carbocycles. The molecule has 0 saturated carbocycles. The smallest absolute Gasteiger partial charge is 0.343 e. The molecule has 3 rings (SSSR count). The van der Waals surface area contributed by atoms with Crippen LogP contribution in [0, 0.1) is 0 Å². The quantitative estimate of drug-likeness (QED) is 0.577. The maximum absolute atomic E-state index is 12.0. The van der Waals surface area contributed by atoms with Crippen molar-refractivity contribution in [1.29, 1.82) is 0 Å². The van der Waals surface area contributed by atoms with Gasteiger partial charge in [0.1, 0.15) is 11.3 Å². The molecular formula is C17H16O3. The molecule has 0 unspecified atom stereocenters. The third-order valence-electron chi connectivity index (χ3n) is 3.64. The number of unbranched alkanes of at least 4 members (excludes halogenated alkanes) is 1. The van der Waals surface area contributed by atoms with Crippen molar-refractivity contribution >= 4 is 21.7 Å². The number of rotatable bonds is 3. The Morgan fingerprint density at radius 3 is 2.75 bits per heavy atom. The van der Waals surface area contributed by atoms with Gasteiger partial charge < -0.3 is 9.52 Å². The largest absolute Gasteiger partial charge is 0.507 e. The van der Waals surface area contributed by atoms with Crippen LogP contribution in [0.2, 0.25) is 0 Å². The summed E-state index contributed by atoms with van der Waals surface area (Å²) in [5.74, 6) is 0.0708. The van der Waals surface area contributed by atoms with Gasteiger partial charge in [0.25, 0.3) is 0 Å². The molecule has 3 heteroatoms. The van der Waals surface area contributed by atoms with Gasteiger partial charge in [-0.1, -0.05) is 43.7 Å². The first-order valence-corrected chi connectivity index (χ1v) is 6.88. The van der Waals surface area contributed by atoms with Gasteiger partial charge >= 0.3 is 5.63 Å². The van der Waals surface area contributed by atoms with E-state index < -0.39 is 5.63 Å². The van der Waals surface area contributed by atoms with Gasteiger partial charge in [-0.2, -0.15) is 0 Å². The molecule has 1 N–H and O–H groups in total. The fourth-order valence-corrected chi connectivity index (χ4v) is 2.56. The van der Waals surface area contributed by atoms with E-state index >= 15 is 0 Å². The van der Waals surface area contributed by atoms with Gasteiger partial charge in [-0.25, -0.2) is 4.79 Å². The van der Waals surface area contributed by atoms with Crippen LogP contribution in [-0.4, -0.2) is 5.11 Å². The fourth-order valence-electron chi connectivity index (χ4n) is 2.56. The maximum Gasteiger partial charge on any atom is 0.343 e. The zero-order valence-electron chi connectivity index (χ0n) is 11.3. The number of fused-ring (bicyclic) bond motifs is 3. The van der Waals surface area contributed by atoms with Crippen LogP contribution < -0.4 is 5.63 Å². The van der Waals surface area contributed by atoms with E-state index in [4.69, 9.17) is 4.42 Å². The Bertz CT molecular complexity index is 831. The van der Waals surface area contributed by atoms with Gasteiger partial charge in [-0.15, -0.1) is 0 Å². The Balaban J connectivity index is 2.38. The third kappa shape index (κ3) is 1.95. The summed E-state index contributed by atoms with van der Waals surface area (Å²) in [6, 6.07) is 11.4. The SMILES string of the molecule is CCCCc1c(O)c2c(ccc3ccccc32)oc1=O. The normalized spacial score (nSPS) is 11.2. The number of aromatic hydroxyl groups is 1. The topological polar surface area (TPSA) is 50.4 Å². The molecule has 102 valence electrons. The molecule has 3 aromatic rings. The second-order valence-corrected chi connectivity index (χ2v) is 4.98. The van der Waals surface area contributed by atoms with E-state index in [1.807, 2.05) is 30.3 Å². The Kier molecular flexibility index (Phi) is 3.18. The second-order valence-electron chi connectivity index (χ2n) is 4.98. The molecule has 0 aliphatic carbocycles. The number of hydrogen-bond donors (Lipinski definition) is 1. The van der Waals surface area contributed by atoms with E-state index in [1.54, 1.807) is 6.07 Å². The van der Waals surface area contributed by atoms with Crippen molar-refractivity contribution in [2.45, 2.75) is 26.2 Å². The minimum Gasteiger partial charge on any atom is -0.507 e. The Labute approximate surface area is 116 Å². The summed E-state index contributed by atoms with van der Waals surface area (Å²) in [5, 5.41) is 13.1. The van der Waals surface area contributed by atoms with Gasteiger partial charge in [-0.3, -0.25) is 0 Å². The summed E-state index contributed by atoms with van der Waals surface area (Å²) in [7, 11) is 0. The van der Waals surface area contributed by atoms with Gasteiger partial charge in [0.15, 0.2) is 0 Å². The molecule has 0 amide bonds. The van der Waals surface area contributed by atoms with E-state index in [0.717, 1.165) is 23.6 Å². The van der Waals surface area contributed by atoms with Gasteiger partial charge in [-0.05, 0) is 29.7 Å². The summed E-state index contributed by atoms with van der Waals surface area (Å²) in [6.07, 6.45) is 2.37. The van der Waals surface area contributed by atoms with Crippen molar-refractivity contribution in [1.82, 2.24) is 0 Å². The van der Waals surface area contributed by atoms with Gasteiger partial charge in [0.2, 0.25) is 0 Å². The van der Waals surface area contributed by atoms with Crippen molar-refractivity contribution in [2.75, 3.05) is 0 Å². The highest BCUT2D eigenvalue weighted by molar-refractivity contribution is 6.08. The van der Waals surface area contributed by atoms with E-state index in [0.29, 0.717) is 23.0 Å². The lowest BCUT2D eigenvalue weighted by Crippen LogP contribution is -2.08. The molecule has 0 fully saturated rings. The summed E-state index contributed by atoms with van der Waals surface area (Å²) in [6.45, 7) is 2.05. The minimum absolute atomic E-state index is 0.0708. The highest BCUT2D eigenvalue weighted by Crippen LogP contribution is 2.33. The summed E-state index contributed by atoms with van der Waals surface area (Å²) >= 11 is 0. The summed E-state index contributed by atoms with van der Waals surface area (Å²) in [4.78, 5) is 12.0. The van der Waals surface area contributed by atoms with Crippen LogP contribution in [-0.2, 0) is 6.42 Å².